The van der Waals surface area contributed by atoms with E-state index >= 15 is 0 Å². The Balaban J connectivity index is 1.59. The van der Waals surface area contributed by atoms with E-state index in [9.17, 15) is 0 Å². The number of hydrogen-bond acceptors (Lipinski definition) is 7. The Labute approximate surface area is 119 Å². The van der Waals surface area contributed by atoms with Crippen molar-refractivity contribution in [1.29, 1.82) is 0 Å². The third kappa shape index (κ3) is 2.29. The van der Waals surface area contributed by atoms with Crippen molar-refractivity contribution in [3.8, 4) is 22.9 Å². The smallest absolute Gasteiger partial charge is 0.231 e. The van der Waals surface area contributed by atoms with Crippen LogP contribution in [-0.4, -0.2) is 26.9 Å². The van der Waals surface area contributed by atoms with Crippen molar-refractivity contribution in [3.63, 3.8) is 0 Å². The molecule has 0 radical (unpaired) electrons. The summed E-state index contributed by atoms with van der Waals surface area (Å²) in [5.41, 5.74) is 1.73. The van der Waals surface area contributed by atoms with Crippen molar-refractivity contribution >= 4 is 0 Å². The van der Waals surface area contributed by atoms with E-state index in [2.05, 4.69) is 20.1 Å². The van der Waals surface area contributed by atoms with Gasteiger partial charge in [-0.25, -0.2) is 9.97 Å². The average Bonchev–Trinajstić information content (AvgIpc) is 3.16. The molecule has 3 heterocycles. The van der Waals surface area contributed by atoms with Gasteiger partial charge in [-0.3, -0.25) is 0 Å². The van der Waals surface area contributed by atoms with Crippen LogP contribution < -0.4 is 9.47 Å². The SMILES string of the molecule is c1ncc(Cc2nc(-c3ccc4c(c3)OCO4)no2)cn1. The van der Waals surface area contributed by atoms with E-state index < -0.39 is 0 Å². The molecule has 3 aromatic rings. The summed E-state index contributed by atoms with van der Waals surface area (Å²) in [6.07, 6.45) is 5.42. The molecule has 0 spiro atoms. The van der Waals surface area contributed by atoms with E-state index in [0.717, 1.165) is 16.9 Å². The number of rotatable bonds is 3. The number of aromatic nitrogens is 4. The summed E-state index contributed by atoms with van der Waals surface area (Å²) in [5.74, 6) is 2.44. The first-order valence-electron chi connectivity index (χ1n) is 6.35. The van der Waals surface area contributed by atoms with E-state index in [-0.39, 0.29) is 6.79 Å². The Kier molecular flexibility index (Phi) is 2.74. The molecule has 0 aliphatic carbocycles. The standard InChI is InChI=1S/C14H10N4O3/c1-2-11-12(20-8-19-11)4-10(1)14-17-13(21-18-14)3-9-5-15-7-16-6-9/h1-2,4-7H,3,8H2. The van der Waals surface area contributed by atoms with E-state index in [0.29, 0.717) is 23.9 Å². The predicted molar refractivity (Wildman–Crippen MR) is 70.7 cm³/mol. The lowest BCUT2D eigenvalue weighted by Gasteiger charge is -1.97. The monoisotopic (exact) mass is 282 g/mol. The minimum atomic E-state index is 0.240. The molecular formula is C14H10N4O3. The van der Waals surface area contributed by atoms with Gasteiger partial charge >= 0.3 is 0 Å². The zero-order chi connectivity index (χ0) is 14.1. The van der Waals surface area contributed by atoms with Crippen LogP contribution in [0.25, 0.3) is 11.4 Å². The highest BCUT2D eigenvalue weighted by Gasteiger charge is 2.16. The van der Waals surface area contributed by atoms with Crippen LogP contribution in [-0.2, 0) is 6.42 Å². The molecule has 1 aliphatic rings. The number of benzene rings is 1. The fraction of sp³-hybridized carbons (Fsp3) is 0.143. The molecule has 21 heavy (non-hydrogen) atoms. The Morgan fingerprint density at radius 2 is 1.90 bits per heavy atom. The second kappa shape index (κ2) is 4.86. The molecule has 0 fully saturated rings. The topological polar surface area (TPSA) is 83.2 Å². The highest BCUT2D eigenvalue weighted by molar-refractivity contribution is 5.61. The minimum absolute atomic E-state index is 0.240. The number of nitrogens with zero attached hydrogens (tertiary/aromatic N) is 4. The molecule has 7 nitrogen and oxygen atoms in total. The summed E-state index contributed by atoms with van der Waals surface area (Å²) in [6.45, 7) is 0.240. The third-order valence-electron chi connectivity index (χ3n) is 3.07. The number of hydrogen-bond donors (Lipinski definition) is 0. The molecule has 104 valence electrons. The van der Waals surface area contributed by atoms with Crippen molar-refractivity contribution in [2.24, 2.45) is 0 Å². The molecule has 0 amide bonds. The summed E-state index contributed by atoms with van der Waals surface area (Å²) in [7, 11) is 0. The van der Waals surface area contributed by atoms with Gasteiger partial charge in [0, 0.05) is 18.0 Å². The van der Waals surface area contributed by atoms with Crippen molar-refractivity contribution in [1.82, 2.24) is 20.1 Å². The van der Waals surface area contributed by atoms with Gasteiger partial charge in [-0.2, -0.15) is 4.98 Å². The molecule has 0 unspecified atom stereocenters. The second-order valence-corrected chi connectivity index (χ2v) is 4.50. The van der Waals surface area contributed by atoms with Crippen LogP contribution in [0, 0.1) is 0 Å². The molecule has 7 heteroatoms. The normalized spacial score (nSPS) is 12.6. The quantitative estimate of drug-likeness (QED) is 0.724. The second-order valence-electron chi connectivity index (χ2n) is 4.50. The van der Waals surface area contributed by atoms with E-state index in [1.54, 1.807) is 12.4 Å². The van der Waals surface area contributed by atoms with E-state index in [1.165, 1.54) is 6.33 Å². The van der Waals surface area contributed by atoms with Gasteiger partial charge in [-0.15, -0.1) is 0 Å². The maximum Gasteiger partial charge on any atom is 0.231 e. The lowest BCUT2D eigenvalue weighted by atomic mass is 10.2. The Morgan fingerprint density at radius 1 is 1.05 bits per heavy atom. The molecule has 2 aromatic heterocycles. The van der Waals surface area contributed by atoms with Gasteiger partial charge in [0.25, 0.3) is 0 Å². The number of fused-ring (bicyclic) bond motifs is 1. The third-order valence-corrected chi connectivity index (χ3v) is 3.07. The van der Waals surface area contributed by atoms with Gasteiger partial charge in [0.15, 0.2) is 11.5 Å². The molecule has 4 rings (SSSR count). The van der Waals surface area contributed by atoms with Crippen LogP contribution in [0.5, 0.6) is 11.5 Å². The van der Waals surface area contributed by atoms with Crippen LogP contribution in [0.1, 0.15) is 11.5 Å². The maximum absolute atomic E-state index is 5.34. The molecule has 1 aromatic carbocycles. The van der Waals surface area contributed by atoms with Crippen LogP contribution in [0.3, 0.4) is 0 Å². The summed E-state index contributed by atoms with van der Waals surface area (Å²) < 4.78 is 15.9. The molecule has 0 N–H and O–H groups in total. The van der Waals surface area contributed by atoms with Crippen LogP contribution in [0.15, 0.2) is 41.4 Å². The zero-order valence-electron chi connectivity index (χ0n) is 10.9. The van der Waals surface area contributed by atoms with Crippen molar-refractivity contribution in [2.45, 2.75) is 6.42 Å². The van der Waals surface area contributed by atoms with Crippen molar-refractivity contribution in [3.05, 3.63) is 48.4 Å². The summed E-state index contributed by atoms with van der Waals surface area (Å²) in [5, 5.41) is 3.98. The largest absolute Gasteiger partial charge is 0.454 e. The van der Waals surface area contributed by atoms with Crippen molar-refractivity contribution in [2.75, 3.05) is 6.79 Å². The molecule has 0 saturated heterocycles. The lowest BCUT2D eigenvalue weighted by molar-refractivity contribution is 0.174. The molecule has 0 bridgehead atoms. The average molecular weight is 282 g/mol. The van der Waals surface area contributed by atoms with E-state index in [4.69, 9.17) is 14.0 Å². The van der Waals surface area contributed by atoms with E-state index in [1.807, 2.05) is 18.2 Å². The van der Waals surface area contributed by atoms with Gasteiger partial charge in [0.1, 0.15) is 6.33 Å². The summed E-state index contributed by atoms with van der Waals surface area (Å²) in [6, 6.07) is 5.54. The lowest BCUT2D eigenvalue weighted by Crippen LogP contribution is -1.92. The molecular weight excluding hydrogens is 272 g/mol. The number of ether oxygens (including phenoxy) is 2. The van der Waals surface area contributed by atoms with Crippen LogP contribution in [0.4, 0.5) is 0 Å². The highest BCUT2D eigenvalue weighted by atomic mass is 16.7. The summed E-state index contributed by atoms with van der Waals surface area (Å²) in [4.78, 5) is 12.3. The summed E-state index contributed by atoms with van der Waals surface area (Å²) >= 11 is 0. The molecule has 0 atom stereocenters. The highest BCUT2D eigenvalue weighted by Crippen LogP contribution is 2.35. The van der Waals surface area contributed by atoms with Gasteiger partial charge in [-0.05, 0) is 23.8 Å². The molecule has 0 saturated carbocycles. The van der Waals surface area contributed by atoms with Crippen molar-refractivity contribution < 1.29 is 14.0 Å². The van der Waals surface area contributed by atoms with Gasteiger partial charge in [-0.1, -0.05) is 5.16 Å². The maximum atomic E-state index is 5.34. The Morgan fingerprint density at radius 3 is 2.81 bits per heavy atom. The van der Waals surface area contributed by atoms with Gasteiger partial charge in [0.2, 0.25) is 18.5 Å². The van der Waals surface area contributed by atoms with Gasteiger partial charge < -0.3 is 14.0 Å². The fourth-order valence-electron chi connectivity index (χ4n) is 2.08. The predicted octanol–water partition coefficient (Wildman–Crippen LogP) is 1.85. The Hall–Kier alpha value is -2.96. The Bertz CT molecular complexity index is 773. The first-order valence-corrected chi connectivity index (χ1v) is 6.35. The molecule has 1 aliphatic heterocycles. The van der Waals surface area contributed by atoms with Crippen LogP contribution >= 0.6 is 0 Å². The zero-order valence-corrected chi connectivity index (χ0v) is 10.9. The first-order chi connectivity index (χ1) is 10.4. The first kappa shape index (κ1) is 11.8. The fourth-order valence-corrected chi connectivity index (χ4v) is 2.08. The minimum Gasteiger partial charge on any atom is -0.454 e. The van der Waals surface area contributed by atoms with Crippen LogP contribution in [0.2, 0.25) is 0 Å². The van der Waals surface area contributed by atoms with Gasteiger partial charge in [0.05, 0.1) is 6.42 Å².